The summed E-state index contributed by atoms with van der Waals surface area (Å²) in [7, 11) is 0. The number of rotatable bonds is 1. The first kappa shape index (κ1) is 14.4. The summed E-state index contributed by atoms with van der Waals surface area (Å²) >= 11 is 0. The van der Waals surface area contributed by atoms with Crippen LogP contribution in [0.2, 0.25) is 0 Å². The Morgan fingerprint density at radius 1 is 0.852 bits per heavy atom. The zero-order chi connectivity index (χ0) is 18.0. The molecule has 2 aromatic heterocycles. The first-order chi connectivity index (χ1) is 13.3. The highest BCUT2D eigenvalue weighted by atomic mass is 16.7. The monoisotopic (exact) mass is 355 g/mol. The number of benzene rings is 3. The minimum atomic E-state index is -0.113. The van der Waals surface area contributed by atoms with E-state index in [2.05, 4.69) is 0 Å². The van der Waals surface area contributed by atoms with Gasteiger partial charge < -0.3 is 9.47 Å². The van der Waals surface area contributed by atoms with Crippen molar-refractivity contribution < 1.29 is 9.47 Å². The molecule has 0 saturated heterocycles. The molecular formula is C21H13N3O3. The fourth-order valence-corrected chi connectivity index (χ4v) is 3.70. The van der Waals surface area contributed by atoms with Gasteiger partial charge in [0.25, 0.3) is 5.56 Å². The van der Waals surface area contributed by atoms with Gasteiger partial charge in [0.05, 0.1) is 22.1 Å². The number of nitrogens with zero attached hydrogens (tertiary/aromatic N) is 3. The highest BCUT2D eigenvalue weighted by molar-refractivity contribution is 5.98. The Kier molecular flexibility index (Phi) is 2.72. The van der Waals surface area contributed by atoms with Crippen molar-refractivity contribution >= 4 is 27.5 Å². The second kappa shape index (κ2) is 5.11. The minimum absolute atomic E-state index is 0.113. The van der Waals surface area contributed by atoms with Crippen molar-refractivity contribution in [3.8, 4) is 17.2 Å². The van der Waals surface area contributed by atoms with Crippen molar-refractivity contribution in [2.75, 3.05) is 6.79 Å². The Bertz CT molecular complexity index is 1420. The van der Waals surface area contributed by atoms with Crippen LogP contribution in [0, 0.1) is 0 Å². The third-order valence-electron chi connectivity index (χ3n) is 4.91. The fraction of sp³-hybridized carbons (Fsp3) is 0.0476. The molecule has 130 valence electrons. The van der Waals surface area contributed by atoms with Crippen molar-refractivity contribution in [1.82, 2.24) is 14.2 Å². The molecule has 5 aromatic rings. The highest BCUT2D eigenvalue weighted by Gasteiger charge is 2.22. The normalized spacial score (nSPS) is 13.0. The van der Waals surface area contributed by atoms with Gasteiger partial charge in [-0.15, -0.1) is 0 Å². The quantitative estimate of drug-likeness (QED) is 0.462. The average Bonchev–Trinajstić information content (AvgIpc) is 3.29. The molecule has 0 amide bonds. The van der Waals surface area contributed by atoms with E-state index >= 15 is 0 Å². The third kappa shape index (κ3) is 1.89. The third-order valence-corrected chi connectivity index (χ3v) is 4.91. The van der Waals surface area contributed by atoms with Gasteiger partial charge in [-0.2, -0.15) is 4.52 Å². The maximum atomic E-state index is 13.3. The Balaban J connectivity index is 1.89. The summed E-state index contributed by atoms with van der Waals surface area (Å²) in [5, 5.41) is 1.42. The SMILES string of the molecule is O=c1c2ccccc2nc2c3cc4c(cc3n(-c3ccccc3)n12)OCO4. The molecule has 3 aromatic carbocycles. The van der Waals surface area contributed by atoms with Crippen molar-refractivity contribution in [3.63, 3.8) is 0 Å². The molecule has 6 rings (SSSR count). The standard InChI is InChI=1S/C21H13N3O3/c25-21-14-8-4-5-9-16(14)22-20-15-10-18-19(27-12-26-18)11-17(15)23(24(20)21)13-6-2-1-3-7-13/h1-11H,12H2. The largest absolute Gasteiger partial charge is 0.454 e. The maximum Gasteiger partial charge on any atom is 0.281 e. The molecule has 0 bridgehead atoms. The number of hydrogen-bond donors (Lipinski definition) is 0. The molecule has 6 heteroatoms. The van der Waals surface area contributed by atoms with Crippen LogP contribution in [0.1, 0.15) is 0 Å². The van der Waals surface area contributed by atoms with Crippen LogP contribution in [-0.2, 0) is 0 Å². The molecule has 0 atom stereocenters. The van der Waals surface area contributed by atoms with E-state index in [0.717, 1.165) is 16.6 Å². The van der Waals surface area contributed by atoms with Crippen molar-refractivity contribution in [3.05, 3.63) is 77.1 Å². The lowest BCUT2D eigenvalue weighted by atomic mass is 10.2. The molecular weight excluding hydrogens is 342 g/mol. The zero-order valence-corrected chi connectivity index (χ0v) is 14.1. The minimum Gasteiger partial charge on any atom is -0.454 e. The van der Waals surface area contributed by atoms with Crippen molar-refractivity contribution in [1.29, 1.82) is 0 Å². The summed E-state index contributed by atoms with van der Waals surface area (Å²) in [6.07, 6.45) is 0. The van der Waals surface area contributed by atoms with E-state index in [9.17, 15) is 4.79 Å². The molecule has 0 spiro atoms. The molecule has 1 aliphatic heterocycles. The molecule has 0 radical (unpaired) electrons. The zero-order valence-electron chi connectivity index (χ0n) is 14.1. The molecule has 0 saturated carbocycles. The Morgan fingerprint density at radius 2 is 1.59 bits per heavy atom. The Morgan fingerprint density at radius 3 is 2.44 bits per heavy atom. The van der Waals surface area contributed by atoms with Crippen LogP contribution < -0.4 is 15.0 Å². The van der Waals surface area contributed by atoms with Crippen LogP contribution in [0.4, 0.5) is 0 Å². The maximum absolute atomic E-state index is 13.3. The topological polar surface area (TPSA) is 57.8 Å². The lowest BCUT2D eigenvalue weighted by molar-refractivity contribution is 0.174. The summed E-state index contributed by atoms with van der Waals surface area (Å²) in [5.74, 6) is 1.33. The second-order valence-corrected chi connectivity index (χ2v) is 6.44. The number of fused-ring (bicyclic) bond motifs is 5. The number of aromatic nitrogens is 3. The van der Waals surface area contributed by atoms with Gasteiger partial charge in [0.1, 0.15) is 0 Å². The van der Waals surface area contributed by atoms with Crippen LogP contribution >= 0.6 is 0 Å². The second-order valence-electron chi connectivity index (χ2n) is 6.44. The molecule has 6 nitrogen and oxygen atoms in total. The van der Waals surface area contributed by atoms with Gasteiger partial charge >= 0.3 is 0 Å². The lowest BCUT2D eigenvalue weighted by Gasteiger charge is -2.08. The van der Waals surface area contributed by atoms with Gasteiger partial charge in [-0.3, -0.25) is 4.79 Å². The molecule has 27 heavy (non-hydrogen) atoms. The summed E-state index contributed by atoms with van der Waals surface area (Å²) in [6, 6.07) is 21.0. The van der Waals surface area contributed by atoms with E-state index in [1.54, 1.807) is 10.6 Å². The van der Waals surface area contributed by atoms with Crippen LogP contribution in [0.5, 0.6) is 11.5 Å². The highest BCUT2D eigenvalue weighted by Crippen LogP contribution is 2.38. The summed E-state index contributed by atoms with van der Waals surface area (Å²) in [5.41, 5.74) is 2.86. The molecule has 3 heterocycles. The Hall–Kier alpha value is -3.80. The van der Waals surface area contributed by atoms with Gasteiger partial charge in [0.15, 0.2) is 17.1 Å². The van der Waals surface area contributed by atoms with Gasteiger partial charge in [-0.05, 0) is 30.3 Å². The lowest BCUT2D eigenvalue weighted by Crippen LogP contribution is -2.20. The van der Waals surface area contributed by atoms with E-state index in [1.807, 2.05) is 65.3 Å². The average molecular weight is 355 g/mol. The van der Waals surface area contributed by atoms with Crippen LogP contribution in [0.25, 0.3) is 33.1 Å². The molecule has 0 fully saturated rings. The van der Waals surface area contributed by atoms with Gasteiger partial charge in [-0.25, -0.2) is 9.67 Å². The molecule has 0 aliphatic carbocycles. The van der Waals surface area contributed by atoms with Crippen molar-refractivity contribution in [2.45, 2.75) is 0 Å². The summed E-state index contributed by atoms with van der Waals surface area (Å²) < 4.78 is 14.6. The number of para-hydroxylation sites is 2. The van der Waals surface area contributed by atoms with E-state index in [1.165, 1.54) is 0 Å². The van der Waals surface area contributed by atoms with E-state index in [-0.39, 0.29) is 12.4 Å². The molecule has 0 N–H and O–H groups in total. The Labute approximate surface area is 152 Å². The number of hydrogen-bond acceptors (Lipinski definition) is 4. The predicted octanol–water partition coefficient (Wildman–Crippen LogP) is 3.52. The smallest absolute Gasteiger partial charge is 0.281 e. The van der Waals surface area contributed by atoms with Crippen LogP contribution in [-0.4, -0.2) is 21.0 Å². The van der Waals surface area contributed by atoms with Crippen molar-refractivity contribution in [2.24, 2.45) is 0 Å². The van der Waals surface area contributed by atoms with Crippen LogP contribution in [0.3, 0.4) is 0 Å². The fourth-order valence-electron chi connectivity index (χ4n) is 3.70. The van der Waals surface area contributed by atoms with E-state index in [0.29, 0.717) is 28.0 Å². The van der Waals surface area contributed by atoms with Gasteiger partial charge in [-0.1, -0.05) is 30.3 Å². The molecule has 1 aliphatic rings. The number of ether oxygens (including phenoxy) is 2. The molecule has 0 unspecified atom stereocenters. The van der Waals surface area contributed by atoms with E-state index < -0.39 is 0 Å². The van der Waals surface area contributed by atoms with Gasteiger partial charge in [0.2, 0.25) is 6.79 Å². The summed E-state index contributed by atoms with van der Waals surface area (Å²) in [4.78, 5) is 18.1. The van der Waals surface area contributed by atoms with Gasteiger partial charge in [0, 0.05) is 11.5 Å². The van der Waals surface area contributed by atoms with E-state index in [4.69, 9.17) is 14.5 Å². The first-order valence-electron chi connectivity index (χ1n) is 8.62. The predicted molar refractivity (Wildman–Crippen MR) is 102 cm³/mol. The van der Waals surface area contributed by atoms with Crippen LogP contribution in [0.15, 0.2) is 71.5 Å². The first-order valence-corrected chi connectivity index (χ1v) is 8.62. The summed E-state index contributed by atoms with van der Waals surface area (Å²) in [6.45, 7) is 0.196.